The normalized spacial score (nSPS) is 19.7. The van der Waals surface area contributed by atoms with Gasteiger partial charge in [-0.3, -0.25) is 4.79 Å². The smallest absolute Gasteiger partial charge is 0.241 e. The first-order chi connectivity index (χ1) is 10.0. The Morgan fingerprint density at radius 2 is 2.00 bits per heavy atom. The Morgan fingerprint density at radius 1 is 1.29 bits per heavy atom. The quantitative estimate of drug-likeness (QED) is 0.850. The summed E-state index contributed by atoms with van der Waals surface area (Å²) in [5.41, 5.74) is 0. The second-order valence-electron chi connectivity index (χ2n) is 4.87. The van der Waals surface area contributed by atoms with Crippen molar-refractivity contribution in [2.45, 2.75) is 37.1 Å². The second kappa shape index (κ2) is 6.91. The van der Waals surface area contributed by atoms with Crippen molar-refractivity contribution >= 4 is 15.9 Å². The number of nitrogens with one attached hydrogen (secondary N) is 2. The lowest BCUT2D eigenvalue weighted by molar-refractivity contribution is -0.122. The van der Waals surface area contributed by atoms with Gasteiger partial charge in [-0.2, -0.15) is 4.72 Å². The molecule has 0 saturated carbocycles. The molecule has 0 bridgehead atoms. The van der Waals surface area contributed by atoms with Crippen molar-refractivity contribution in [2.24, 2.45) is 0 Å². The maximum Gasteiger partial charge on any atom is 0.241 e. The van der Waals surface area contributed by atoms with Crippen LogP contribution in [-0.4, -0.2) is 33.5 Å². The number of hydrogen-bond donors (Lipinski definition) is 2. The van der Waals surface area contributed by atoms with E-state index in [1.54, 1.807) is 12.1 Å². The average Bonchev–Trinajstić information content (AvgIpc) is 2.65. The largest absolute Gasteiger partial charge is 0.494 e. The predicted molar refractivity (Wildman–Crippen MR) is 78.6 cm³/mol. The van der Waals surface area contributed by atoms with Crippen LogP contribution in [0.25, 0.3) is 0 Å². The number of ether oxygens (including phenoxy) is 1. The summed E-state index contributed by atoms with van der Waals surface area (Å²) in [6, 6.07) is 5.45. The molecular weight excluding hydrogens is 292 g/mol. The summed E-state index contributed by atoms with van der Waals surface area (Å²) in [6.45, 7) is 2.98. The monoisotopic (exact) mass is 312 g/mol. The van der Waals surface area contributed by atoms with Gasteiger partial charge in [0.1, 0.15) is 11.8 Å². The van der Waals surface area contributed by atoms with Gasteiger partial charge in [0.25, 0.3) is 0 Å². The van der Waals surface area contributed by atoms with Crippen LogP contribution in [-0.2, 0) is 14.8 Å². The van der Waals surface area contributed by atoms with Crippen LogP contribution >= 0.6 is 0 Å². The molecule has 1 heterocycles. The van der Waals surface area contributed by atoms with Crippen LogP contribution in [0.3, 0.4) is 0 Å². The SMILES string of the molecule is CCOc1ccc(S(=O)(=O)N[C@@H]2CCCCNC2=O)cc1. The van der Waals surface area contributed by atoms with Gasteiger partial charge in [-0.15, -0.1) is 0 Å². The van der Waals surface area contributed by atoms with E-state index in [0.717, 1.165) is 12.8 Å². The summed E-state index contributed by atoms with van der Waals surface area (Å²) >= 11 is 0. The molecule has 2 rings (SSSR count). The third-order valence-electron chi connectivity index (χ3n) is 3.28. The summed E-state index contributed by atoms with van der Waals surface area (Å²) < 4.78 is 32.3. The number of carbonyl (C=O) groups excluding carboxylic acids is 1. The maximum absolute atomic E-state index is 12.3. The zero-order valence-electron chi connectivity index (χ0n) is 12.0. The number of rotatable bonds is 5. The Balaban J connectivity index is 2.11. The molecule has 1 aliphatic rings. The molecule has 116 valence electrons. The summed E-state index contributed by atoms with van der Waals surface area (Å²) in [6.07, 6.45) is 2.20. The minimum Gasteiger partial charge on any atom is -0.494 e. The number of carbonyl (C=O) groups is 1. The summed E-state index contributed by atoms with van der Waals surface area (Å²) in [5.74, 6) is 0.352. The van der Waals surface area contributed by atoms with Crippen LogP contribution in [0.1, 0.15) is 26.2 Å². The molecule has 0 aromatic heterocycles. The predicted octanol–water partition coefficient (Wildman–Crippen LogP) is 1.03. The van der Waals surface area contributed by atoms with Crippen molar-refractivity contribution in [1.29, 1.82) is 0 Å². The molecule has 21 heavy (non-hydrogen) atoms. The molecule has 2 N–H and O–H groups in total. The van der Waals surface area contributed by atoms with Gasteiger partial charge in [0.05, 0.1) is 11.5 Å². The molecule has 1 atom stereocenters. The highest BCUT2D eigenvalue weighted by Gasteiger charge is 2.26. The first kappa shape index (κ1) is 15.8. The van der Waals surface area contributed by atoms with E-state index in [1.807, 2.05) is 6.92 Å². The van der Waals surface area contributed by atoms with Crippen molar-refractivity contribution in [2.75, 3.05) is 13.2 Å². The van der Waals surface area contributed by atoms with E-state index in [0.29, 0.717) is 25.3 Å². The van der Waals surface area contributed by atoms with Crippen LogP contribution < -0.4 is 14.8 Å². The fourth-order valence-electron chi connectivity index (χ4n) is 2.19. The Morgan fingerprint density at radius 3 is 2.67 bits per heavy atom. The molecule has 0 aliphatic carbocycles. The zero-order valence-corrected chi connectivity index (χ0v) is 12.8. The standard InChI is InChI=1S/C14H20N2O4S/c1-2-20-11-6-8-12(9-7-11)21(18,19)16-13-5-3-4-10-15-14(13)17/h6-9,13,16H,2-5,10H2,1H3,(H,15,17)/t13-/m1/s1. The van der Waals surface area contributed by atoms with Gasteiger partial charge in [-0.1, -0.05) is 0 Å². The van der Waals surface area contributed by atoms with Crippen LogP contribution in [0.15, 0.2) is 29.2 Å². The van der Waals surface area contributed by atoms with E-state index in [2.05, 4.69) is 10.0 Å². The molecule has 7 heteroatoms. The lowest BCUT2D eigenvalue weighted by Crippen LogP contribution is -2.45. The van der Waals surface area contributed by atoms with Crippen LogP contribution in [0.4, 0.5) is 0 Å². The minimum absolute atomic E-state index is 0.128. The molecule has 0 unspecified atom stereocenters. The molecule has 0 radical (unpaired) electrons. The zero-order chi connectivity index (χ0) is 15.3. The Hall–Kier alpha value is -1.60. The van der Waals surface area contributed by atoms with Crippen LogP contribution in [0, 0.1) is 0 Å². The van der Waals surface area contributed by atoms with Crippen molar-refractivity contribution in [3.05, 3.63) is 24.3 Å². The topological polar surface area (TPSA) is 84.5 Å². The molecule has 1 aromatic rings. The lowest BCUT2D eigenvalue weighted by Gasteiger charge is -2.15. The Bertz CT molecular complexity index is 583. The van der Waals surface area contributed by atoms with E-state index in [1.165, 1.54) is 12.1 Å². The molecular formula is C14H20N2O4S. The third-order valence-corrected chi connectivity index (χ3v) is 4.77. The highest BCUT2D eigenvalue weighted by molar-refractivity contribution is 7.89. The molecule has 1 aromatic carbocycles. The van der Waals surface area contributed by atoms with Crippen molar-refractivity contribution in [3.63, 3.8) is 0 Å². The van der Waals surface area contributed by atoms with Gasteiger partial charge in [-0.05, 0) is 50.5 Å². The molecule has 0 spiro atoms. The minimum atomic E-state index is -3.71. The summed E-state index contributed by atoms with van der Waals surface area (Å²) in [7, 11) is -3.71. The van der Waals surface area contributed by atoms with E-state index in [4.69, 9.17) is 4.74 Å². The highest BCUT2D eigenvalue weighted by Crippen LogP contribution is 2.17. The Labute approximate surface area is 124 Å². The van der Waals surface area contributed by atoms with Gasteiger partial charge in [0.15, 0.2) is 0 Å². The molecule has 1 saturated heterocycles. The molecule has 6 nitrogen and oxygen atoms in total. The van der Waals surface area contributed by atoms with Gasteiger partial charge in [-0.25, -0.2) is 8.42 Å². The van der Waals surface area contributed by atoms with Crippen molar-refractivity contribution in [1.82, 2.24) is 10.0 Å². The van der Waals surface area contributed by atoms with E-state index in [9.17, 15) is 13.2 Å². The number of amides is 1. The van der Waals surface area contributed by atoms with Crippen molar-refractivity contribution < 1.29 is 17.9 Å². The second-order valence-corrected chi connectivity index (χ2v) is 6.58. The van der Waals surface area contributed by atoms with Gasteiger partial charge in [0, 0.05) is 6.54 Å². The number of benzene rings is 1. The highest BCUT2D eigenvalue weighted by atomic mass is 32.2. The first-order valence-corrected chi connectivity index (χ1v) is 8.54. The number of sulfonamides is 1. The van der Waals surface area contributed by atoms with Crippen molar-refractivity contribution in [3.8, 4) is 5.75 Å². The maximum atomic E-state index is 12.3. The van der Waals surface area contributed by atoms with Crippen LogP contribution in [0.2, 0.25) is 0 Å². The van der Waals surface area contributed by atoms with Gasteiger partial charge >= 0.3 is 0 Å². The number of hydrogen-bond acceptors (Lipinski definition) is 4. The average molecular weight is 312 g/mol. The fourth-order valence-corrected chi connectivity index (χ4v) is 3.42. The summed E-state index contributed by atoms with van der Waals surface area (Å²) in [5, 5.41) is 2.71. The van der Waals surface area contributed by atoms with E-state index < -0.39 is 16.1 Å². The first-order valence-electron chi connectivity index (χ1n) is 7.06. The van der Waals surface area contributed by atoms with Gasteiger partial charge in [0.2, 0.25) is 15.9 Å². The fraction of sp³-hybridized carbons (Fsp3) is 0.500. The van der Waals surface area contributed by atoms with E-state index >= 15 is 0 Å². The molecule has 1 aliphatic heterocycles. The van der Waals surface area contributed by atoms with E-state index in [-0.39, 0.29) is 10.8 Å². The third kappa shape index (κ3) is 4.18. The Kier molecular flexibility index (Phi) is 5.19. The molecule has 1 amide bonds. The van der Waals surface area contributed by atoms with Crippen LogP contribution in [0.5, 0.6) is 5.75 Å². The lowest BCUT2D eigenvalue weighted by atomic mass is 10.1. The van der Waals surface area contributed by atoms with Gasteiger partial charge < -0.3 is 10.1 Å². The molecule has 1 fully saturated rings. The summed E-state index contributed by atoms with van der Waals surface area (Å²) in [4.78, 5) is 11.9.